The van der Waals surface area contributed by atoms with Crippen LogP contribution in [0.15, 0.2) is 71.7 Å². The van der Waals surface area contributed by atoms with Crippen molar-refractivity contribution in [3.05, 3.63) is 72.3 Å². The molecule has 0 aliphatic carbocycles. The van der Waals surface area contributed by atoms with Crippen LogP contribution in [0.3, 0.4) is 0 Å². The van der Waals surface area contributed by atoms with Crippen LogP contribution in [0.1, 0.15) is 5.56 Å². The average molecular weight is 459 g/mol. The predicted octanol–water partition coefficient (Wildman–Crippen LogP) is 4.74. The lowest BCUT2D eigenvalue weighted by atomic mass is 10.1. The first-order valence-corrected chi connectivity index (χ1v) is 11.1. The second kappa shape index (κ2) is 9.35. The number of hydrogen-bond acceptors (Lipinski definition) is 6. The van der Waals surface area contributed by atoms with E-state index >= 15 is 0 Å². The number of piperazine rings is 1. The van der Waals surface area contributed by atoms with E-state index in [-0.39, 0.29) is 6.03 Å². The fraction of sp³-hybridized carbons (Fsp3) is 0.231. The number of urea groups is 1. The molecule has 0 saturated carbocycles. The molecule has 1 saturated heterocycles. The monoisotopic (exact) mass is 458 g/mol. The fourth-order valence-electron chi connectivity index (χ4n) is 4.18. The Morgan fingerprint density at radius 1 is 0.882 bits per heavy atom. The van der Waals surface area contributed by atoms with Crippen LogP contribution in [0.2, 0.25) is 0 Å². The molecule has 0 spiro atoms. The van der Waals surface area contributed by atoms with E-state index in [9.17, 15) is 4.79 Å². The van der Waals surface area contributed by atoms with Crippen molar-refractivity contribution in [3.63, 3.8) is 0 Å². The molecule has 2 aliphatic rings. The van der Waals surface area contributed by atoms with E-state index in [1.165, 1.54) is 0 Å². The molecule has 0 aromatic heterocycles. The third-order valence-corrected chi connectivity index (χ3v) is 5.96. The zero-order chi connectivity index (χ0) is 23.5. The summed E-state index contributed by atoms with van der Waals surface area (Å²) >= 11 is 0. The van der Waals surface area contributed by atoms with E-state index in [1.54, 1.807) is 19.1 Å². The molecule has 5 rings (SSSR count). The van der Waals surface area contributed by atoms with Crippen LogP contribution in [-0.2, 0) is 0 Å². The molecule has 3 aromatic rings. The van der Waals surface area contributed by atoms with Gasteiger partial charge in [-0.3, -0.25) is 0 Å². The number of benzene rings is 3. The number of nitrogens with zero attached hydrogens (tertiary/aromatic N) is 3. The number of para-hydroxylation sites is 5. The van der Waals surface area contributed by atoms with Crippen molar-refractivity contribution in [2.75, 3.05) is 45.7 Å². The third-order valence-electron chi connectivity index (χ3n) is 5.96. The van der Waals surface area contributed by atoms with Crippen molar-refractivity contribution >= 4 is 23.2 Å². The van der Waals surface area contributed by atoms with E-state index in [0.29, 0.717) is 54.9 Å². The van der Waals surface area contributed by atoms with Crippen LogP contribution in [0.5, 0.6) is 23.0 Å². The van der Waals surface area contributed by atoms with Gasteiger partial charge in [-0.1, -0.05) is 30.3 Å². The van der Waals surface area contributed by atoms with Crippen molar-refractivity contribution in [2.24, 2.45) is 4.99 Å². The van der Waals surface area contributed by atoms with Crippen LogP contribution >= 0.6 is 0 Å². The summed E-state index contributed by atoms with van der Waals surface area (Å²) in [6.07, 6.45) is 0. The third kappa shape index (κ3) is 4.10. The Morgan fingerprint density at radius 3 is 2.38 bits per heavy atom. The average Bonchev–Trinajstić information content (AvgIpc) is 3.06. The zero-order valence-electron chi connectivity index (χ0n) is 19.2. The lowest BCUT2D eigenvalue weighted by Gasteiger charge is -2.36. The number of ether oxygens (including phenoxy) is 3. The number of nitrogens with one attached hydrogen (secondary N) is 1. The van der Waals surface area contributed by atoms with Crippen LogP contribution in [-0.4, -0.2) is 62.1 Å². The molecule has 8 heteroatoms. The van der Waals surface area contributed by atoms with Crippen LogP contribution in [0.4, 0.5) is 16.2 Å². The summed E-state index contributed by atoms with van der Waals surface area (Å²) in [5, 5.41) is 2.96. The first-order chi connectivity index (χ1) is 16.7. The molecular weight excluding hydrogens is 432 g/mol. The highest BCUT2D eigenvalue weighted by molar-refractivity contribution is 6.04. The number of carbonyl (C=O) groups excluding carboxylic acids is 1. The predicted molar refractivity (Wildman–Crippen MR) is 131 cm³/mol. The molecule has 0 radical (unpaired) electrons. The highest BCUT2D eigenvalue weighted by atomic mass is 16.5. The topological polar surface area (TPSA) is 75.6 Å². The SMILES string of the molecule is COc1ccccc1NC(=O)N1CCN(C2=Nc3ccccc3Oc3c(OC)cccc32)CC1. The number of carbonyl (C=O) groups is 1. The van der Waals surface area contributed by atoms with Gasteiger partial charge in [-0.05, 0) is 36.4 Å². The van der Waals surface area contributed by atoms with Gasteiger partial charge < -0.3 is 29.3 Å². The Bertz CT molecular complexity index is 1230. The second-order valence-corrected chi connectivity index (χ2v) is 7.95. The lowest BCUT2D eigenvalue weighted by Crippen LogP contribution is -2.51. The quantitative estimate of drug-likeness (QED) is 0.614. The van der Waals surface area contributed by atoms with Gasteiger partial charge in [0.05, 0.1) is 25.5 Å². The molecule has 34 heavy (non-hydrogen) atoms. The second-order valence-electron chi connectivity index (χ2n) is 7.95. The summed E-state index contributed by atoms with van der Waals surface area (Å²) in [5.41, 5.74) is 2.27. The highest BCUT2D eigenvalue weighted by Crippen LogP contribution is 2.42. The minimum atomic E-state index is -0.150. The summed E-state index contributed by atoms with van der Waals surface area (Å²) in [6.45, 7) is 2.39. The Hall–Kier alpha value is -4.20. The van der Waals surface area contributed by atoms with Gasteiger partial charge in [0.25, 0.3) is 0 Å². The molecule has 2 heterocycles. The van der Waals surface area contributed by atoms with Crippen molar-refractivity contribution < 1.29 is 19.0 Å². The van der Waals surface area contributed by atoms with Gasteiger partial charge in [0, 0.05) is 26.2 Å². The largest absolute Gasteiger partial charge is 0.495 e. The van der Waals surface area contributed by atoms with Gasteiger partial charge in [0.1, 0.15) is 17.3 Å². The number of hydrogen-bond donors (Lipinski definition) is 1. The van der Waals surface area contributed by atoms with E-state index in [0.717, 1.165) is 17.1 Å². The van der Waals surface area contributed by atoms with Gasteiger partial charge in [0.2, 0.25) is 0 Å². The van der Waals surface area contributed by atoms with Crippen molar-refractivity contribution in [1.82, 2.24) is 9.80 Å². The van der Waals surface area contributed by atoms with Gasteiger partial charge >= 0.3 is 6.03 Å². The number of anilines is 1. The Kier molecular flexibility index (Phi) is 5.95. The minimum absolute atomic E-state index is 0.150. The van der Waals surface area contributed by atoms with Gasteiger partial charge in [-0.25, -0.2) is 9.79 Å². The van der Waals surface area contributed by atoms with Crippen LogP contribution in [0, 0.1) is 0 Å². The van der Waals surface area contributed by atoms with Gasteiger partial charge in [-0.15, -0.1) is 0 Å². The Balaban J connectivity index is 1.37. The molecular formula is C26H26N4O4. The van der Waals surface area contributed by atoms with Gasteiger partial charge in [-0.2, -0.15) is 0 Å². The number of rotatable bonds is 3. The molecule has 1 fully saturated rings. The molecule has 3 aromatic carbocycles. The molecule has 0 atom stereocenters. The smallest absolute Gasteiger partial charge is 0.322 e. The van der Waals surface area contributed by atoms with Crippen molar-refractivity contribution in [1.29, 1.82) is 0 Å². The maximum absolute atomic E-state index is 12.9. The van der Waals surface area contributed by atoms with Crippen molar-refractivity contribution in [2.45, 2.75) is 0 Å². The highest BCUT2D eigenvalue weighted by Gasteiger charge is 2.29. The fourth-order valence-corrected chi connectivity index (χ4v) is 4.18. The van der Waals surface area contributed by atoms with E-state index in [1.807, 2.05) is 66.7 Å². The molecule has 8 nitrogen and oxygen atoms in total. The molecule has 1 N–H and O–H groups in total. The summed E-state index contributed by atoms with van der Waals surface area (Å²) in [5.74, 6) is 3.41. The normalized spacial score (nSPS) is 14.7. The number of amides is 2. The molecule has 2 amide bonds. The van der Waals surface area contributed by atoms with Crippen LogP contribution < -0.4 is 19.5 Å². The van der Waals surface area contributed by atoms with E-state index in [4.69, 9.17) is 19.2 Å². The first-order valence-electron chi connectivity index (χ1n) is 11.1. The maximum atomic E-state index is 12.9. The summed E-state index contributed by atoms with van der Waals surface area (Å²) in [7, 11) is 3.22. The number of aliphatic imine (C=N–C) groups is 1. The summed E-state index contributed by atoms with van der Waals surface area (Å²) in [4.78, 5) is 21.9. The van der Waals surface area contributed by atoms with Crippen LogP contribution in [0.25, 0.3) is 0 Å². The van der Waals surface area contributed by atoms with E-state index < -0.39 is 0 Å². The molecule has 0 unspecified atom stereocenters. The first kappa shape index (κ1) is 21.6. The lowest BCUT2D eigenvalue weighted by molar-refractivity contribution is 0.181. The van der Waals surface area contributed by atoms with E-state index in [2.05, 4.69) is 10.2 Å². The number of amidine groups is 1. The Labute approximate surface area is 198 Å². The molecule has 0 bridgehead atoms. The maximum Gasteiger partial charge on any atom is 0.322 e. The van der Waals surface area contributed by atoms with Gasteiger partial charge in [0.15, 0.2) is 17.2 Å². The summed E-state index contributed by atoms with van der Waals surface area (Å²) in [6, 6.07) is 20.7. The minimum Gasteiger partial charge on any atom is -0.495 e. The molecule has 174 valence electrons. The number of fused-ring (bicyclic) bond motifs is 2. The standard InChI is InChI=1S/C26H26N4O4/c1-32-21-11-5-3-9-19(21)28-26(31)30-16-14-29(15-17-30)25-18-8-7-13-23(33-2)24(18)34-22-12-6-4-10-20(22)27-25/h3-13H,14-17H2,1-2H3,(H,28,31). The summed E-state index contributed by atoms with van der Waals surface area (Å²) < 4.78 is 17.2. The zero-order valence-corrected chi connectivity index (χ0v) is 19.2. The molecule has 2 aliphatic heterocycles. The number of methoxy groups -OCH3 is 2. The Morgan fingerprint density at radius 2 is 1.59 bits per heavy atom. The van der Waals surface area contributed by atoms with Crippen molar-refractivity contribution in [3.8, 4) is 23.0 Å².